The largest absolute Gasteiger partial charge is 0.444 e. The van der Waals surface area contributed by atoms with Crippen molar-refractivity contribution in [1.29, 1.82) is 0 Å². The summed E-state index contributed by atoms with van der Waals surface area (Å²) in [4.78, 5) is 50.2. The normalized spacial score (nSPS) is 12.9. The van der Waals surface area contributed by atoms with Crippen molar-refractivity contribution in [3.05, 3.63) is 40.2 Å². The monoisotopic (exact) mass is 526 g/mol. The summed E-state index contributed by atoms with van der Waals surface area (Å²) in [5, 5.41) is 8.71. The zero-order valence-electron chi connectivity index (χ0n) is 21.8. The molecule has 36 heavy (non-hydrogen) atoms. The number of allylic oxidation sites excluding steroid dienone is 1. The number of amides is 3. The average Bonchev–Trinajstić information content (AvgIpc) is 2.70. The number of pyridine rings is 1. The first-order valence-electron chi connectivity index (χ1n) is 11.7. The van der Waals surface area contributed by atoms with E-state index < -0.39 is 39.0 Å². The van der Waals surface area contributed by atoms with Crippen LogP contribution in [0.15, 0.2) is 34.6 Å². The number of carbonyl (C=O) groups is 3. The van der Waals surface area contributed by atoms with Crippen molar-refractivity contribution >= 4 is 33.4 Å². The van der Waals surface area contributed by atoms with Gasteiger partial charge < -0.3 is 25.3 Å². The predicted octanol–water partition coefficient (Wildman–Crippen LogP) is 2.18. The number of ether oxygens (including phenoxy) is 1. The summed E-state index contributed by atoms with van der Waals surface area (Å²) in [7, 11) is -3.34. The number of anilines is 1. The molecule has 0 fully saturated rings. The molecular weight excluding hydrogens is 488 g/mol. The van der Waals surface area contributed by atoms with Gasteiger partial charge in [-0.25, -0.2) is 13.2 Å². The Balaban J connectivity index is 2.97. The molecular formula is C24H38N4O7S. The van der Waals surface area contributed by atoms with Gasteiger partial charge in [0.2, 0.25) is 11.8 Å². The summed E-state index contributed by atoms with van der Waals surface area (Å²) in [5.74, 6) is -0.594. The van der Waals surface area contributed by atoms with E-state index >= 15 is 0 Å². The highest BCUT2D eigenvalue weighted by Crippen LogP contribution is 2.10. The number of aromatic nitrogens is 1. The molecule has 1 heterocycles. The van der Waals surface area contributed by atoms with Crippen LogP contribution in [-0.2, 0) is 30.7 Å². The number of carbonyl (C=O) groups excluding carboxylic acids is 3. The lowest BCUT2D eigenvalue weighted by atomic mass is 10.1. The van der Waals surface area contributed by atoms with Gasteiger partial charge in [-0.1, -0.05) is 19.9 Å². The third-order valence-electron chi connectivity index (χ3n) is 4.61. The highest BCUT2D eigenvalue weighted by atomic mass is 32.2. The van der Waals surface area contributed by atoms with E-state index in [2.05, 4.69) is 16.0 Å². The smallest absolute Gasteiger partial charge is 0.408 e. The highest BCUT2D eigenvalue weighted by Gasteiger charge is 2.25. The van der Waals surface area contributed by atoms with E-state index in [0.29, 0.717) is 12.5 Å². The van der Waals surface area contributed by atoms with Crippen LogP contribution in [0.25, 0.3) is 0 Å². The molecule has 1 aromatic rings. The summed E-state index contributed by atoms with van der Waals surface area (Å²) < 4.78 is 29.0. The molecule has 0 saturated carbocycles. The van der Waals surface area contributed by atoms with E-state index in [0.717, 1.165) is 18.1 Å². The van der Waals surface area contributed by atoms with Crippen LogP contribution in [0.1, 0.15) is 53.9 Å². The van der Waals surface area contributed by atoms with Gasteiger partial charge in [0, 0.05) is 24.4 Å². The lowest BCUT2D eigenvalue weighted by molar-refractivity contribution is -0.121. The zero-order chi connectivity index (χ0) is 27.5. The van der Waals surface area contributed by atoms with Crippen molar-refractivity contribution in [3.8, 4) is 0 Å². The molecule has 0 saturated heterocycles. The van der Waals surface area contributed by atoms with E-state index in [1.165, 1.54) is 29.0 Å². The van der Waals surface area contributed by atoms with Gasteiger partial charge in [0.05, 0.1) is 0 Å². The minimum absolute atomic E-state index is 0.0520. The molecule has 11 nitrogen and oxygen atoms in total. The van der Waals surface area contributed by atoms with Crippen molar-refractivity contribution in [2.45, 2.75) is 72.1 Å². The van der Waals surface area contributed by atoms with Gasteiger partial charge in [0.15, 0.2) is 9.84 Å². The molecule has 3 amide bonds. The summed E-state index contributed by atoms with van der Waals surface area (Å²) in [6.45, 7) is 9.36. The fraction of sp³-hybridized carbons (Fsp3) is 0.583. The van der Waals surface area contributed by atoms with Gasteiger partial charge in [-0.05, 0) is 58.1 Å². The van der Waals surface area contributed by atoms with E-state index in [-0.39, 0.29) is 31.0 Å². The first-order chi connectivity index (χ1) is 16.6. The Labute approximate surface area is 212 Å². The molecule has 12 heteroatoms. The summed E-state index contributed by atoms with van der Waals surface area (Å²) >= 11 is 0. The summed E-state index contributed by atoms with van der Waals surface area (Å²) in [5.41, 5.74) is -1.46. The molecule has 0 bridgehead atoms. The number of hydrogen-bond donors (Lipinski definition) is 3. The molecule has 1 rings (SSSR count). The predicted molar refractivity (Wildman–Crippen MR) is 138 cm³/mol. The van der Waals surface area contributed by atoms with Crippen LogP contribution >= 0.6 is 0 Å². The number of hydrogen-bond acceptors (Lipinski definition) is 7. The minimum Gasteiger partial charge on any atom is -0.444 e. The third kappa shape index (κ3) is 13.1. The van der Waals surface area contributed by atoms with Crippen molar-refractivity contribution in [1.82, 2.24) is 15.2 Å². The van der Waals surface area contributed by atoms with Crippen molar-refractivity contribution in [2.24, 2.45) is 5.92 Å². The van der Waals surface area contributed by atoms with E-state index in [4.69, 9.17) is 4.74 Å². The van der Waals surface area contributed by atoms with Crippen LogP contribution < -0.4 is 21.5 Å². The fourth-order valence-electron chi connectivity index (χ4n) is 2.91. The standard InChI is InChI=1S/C24H38N4O7S/c1-17(2)12-13-25-20(29)16-28-14-9-11-19(22(28)31)26-21(30)18(10-7-8-15-36(6,33)34)27-23(32)35-24(3,4)5/h8-9,11,14-15,17-18H,7,10,12-13,16H2,1-6H3,(H,25,29)(H,26,30)(H,27,32). The molecule has 1 unspecified atom stereocenters. The fourth-order valence-corrected chi connectivity index (χ4v) is 3.40. The van der Waals surface area contributed by atoms with Crippen LogP contribution in [0, 0.1) is 5.92 Å². The van der Waals surface area contributed by atoms with Crippen molar-refractivity contribution in [2.75, 3.05) is 18.1 Å². The summed E-state index contributed by atoms with van der Waals surface area (Å²) in [6, 6.07) is 1.79. The van der Waals surface area contributed by atoms with Gasteiger partial charge in [-0.3, -0.25) is 14.4 Å². The Bertz CT molecular complexity index is 1100. The quantitative estimate of drug-likeness (QED) is 0.377. The number of alkyl carbamates (subject to hydrolysis) is 1. The highest BCUT2D eigenvalue weighted by molar-refractivity contribution is 7.93. The minimum atomic E-state index is -3.34. The van der Waals surface area contributed by atoms with Crippen LogP contribution in [0.4, 0.5) is 10.5 Å². The van der Waals surface area contributed by atoms with Gasteiger partial charge in [0.25, 0.3) is 5.56 Å². The zero-order valence-corrected chi connectivity index (χ0v) is 22.6. The third-order valence-corrected chi connectivity index (χ3v) is 5.30. The van der Waals surface area contributed by atoms with Crippen LogP contribution in [0.2, 0.25) is 0 Å². The number of sulfone groups is 1. The van der Waals surface area contributed by atoms with Gasteiger partial charge >= 0.3 is 6.09 Å². The number of nitrogens with one attached hydrogen (secondary N) is 3. The Morgan fingerprint density at radius 3 is 2.42 bits per heavy atom. The Hall–Kier alpha value is -3.15. The lowest BCUT2D eigenvalue weighted by Gasteiger charge is -2.23. The van der Waals surface area contributed by atoms with Crippen LogP contribution in [0.3, 0.4) is 0 Å². The topological polar surface area (TPSA) is 153 Å². The number of nitrogens with zero attached hydrogens (tertiary/aromatic N) is 1. The maximum atomic E-state index is 12.9. The molecule has 0 aliphatic rings. The van der Waals surface area contributed by atoms with E-state index in [1.54, 1.807) is 20.8 Å². The number of rotatable bonds is 12. The first kappa shape index (κ1) is 30.9. The Morgan fingerprint density at radius 1 is 1.17 bits per heavy atom. The second kappa shape index (κ2) is 13.8. The molecule has 0 spiro atoms. The molecule has 0 aromatic carbocycles. The molecule has 0 radical (unpaired) electrons. The van der Waals surface area contributed by atoms with Crippen LogP contribution in [-0.4, -0.2) is 55.3 Å². The second-order valence-corrected chi connectivity index (χ2v) is 11.8. The van der Waals surface area contributed by atoms with Gasteiger partial charge in [-0.15, -0.1) is 0 Å². The maximum Gasteiger partial charge on any atom is 0.408 e. The summed E-state index contributed by atoms with van der Waals surface area (Å²) in [6.07, 6.45) is 4.04. The van der Waals surface area contributed by atoms with E-state index in [9.17, 15) is 27.6 Å². The van der Waals surface area contributed by atoms with Crippen LogP contribution in [0.5, 0.6) is 0 Å². The average molecular weight is 527 g/mol. The van der Waals surface area contributed by atoms with Gasteiger partial charge in [-0.2, -0.15) is 0 Å². The Morgan fingerprint density at radius 2 is 1.83 bits per heavy atom. The lowest BCUT2D eigenvalue weighted by Crippen LogP contribution is -2.46. The first-order valence-corrected chi connectivity index (χ1v) is 13.7. The molecule has 3 N–H and O–H groups in total. The van der Waals surface area contributed by atoms with Crippen molar-refractivity contribution < 1.29 is 27.5 Å². The second-order valence-electron chi connectivity index (χ2n) is 9.85. The molecule has 0 aliphatic heterocycles. The molecule has 1 atom stereocenters. The molecule has 1 aromatic heterocycles. The van der Waals surface area contributed by atoms with Crippen molar-refractivity contribution in [3.63, 3.8) is 0 Å². The van der Waals surface area contributed by atoms with Gasteiger partial charge in [0.1, 0.15) is 23.9 Å². The van der Waals surface area contributed by atoms with E-state index in [1.807, 2.05) is 13.8 Å². The SMILES string of the molecule is CC(C)CCNC(=O)Cn1cccc(NC(=O)C(CCC=CS(C)(=O)=O)NC(=O)OC(C)(C)C)c1=O. The Kier molecular flexibility index (Phi) is 11.8. The molecule has 202 valence electrons. The maximum absolute atomic E-state index is 12.9. The molecule has 0 aliphatic carbocycles.